The highest BCUT2D eigenvalue weighted by Crippen LogP contribution is 2.60. The van der Waals surface area contributed by atoms with Gasteiger partial charge in [0.05, 0.1) is 5.52 Å². The zero-order chi connectivity index (χ0) is 12.4. The monoisotopic (exact) mass is 259 g/mol. The Hall–Kier alpha value is -1.32. The molecule has 0 spiro atoms. The van der Waals surface area contributed by atoms with Crippen molar-refractivity contribution in [2.24, 2.45) is 5.73 Å². The minimum atomic E-state index is 0.124. The van der Waals surface area contributed by atoms with E-state index in [2.05, 4.69) is 10.3 Å². The minimum Gasteiger partial charge on any atom is -0.379 e. The van der Waals surface area contributed by atoms with Crippen molar-refractivity contribution in [3.63, 3.8) is 0 Å². The number of aromatic nitrogens is 1. The van der Waals surface area contributed by atoms with Crippen molar-refractivity contribution in [3.05, 3.63) is 35.5 Å². The van der Waals surface area contributed by atoms with E-state index in [1.807, 2.05) is 30.5 Å². The average Bonchev–Trinajstić information content (AvgIpc) is 2.25. The molecule has 1 aromatic heterocycles. The Morgan fingerprint density at radius 1 is 1.22 bits per heavy atom. The molecule has 0 aliphatic heterocycles. The van der Waals surface area contributed by atoms with Crippen molar-refractivity contribution >= 4 is 28.2 Å². The molecule has 0 amide bonds. The van der Waals surface area contributed by atoms with Gasteiger partial charge in [0.25, 0.3) is 0 Å². The lowest BCUT2D eigenvalue weighted by atomic mass is 9.44. The molecule has 0 atom stereocenters. The van der Waals surface area contributed by atoms with Gasteiger partial charge in [-0.15, -0.1) is 0 Å². The van der Waals surface area contributed by atoms with Gasteiger partial charge in [0.15, 0.2) is 0 Å². The van der Waals surface area contributed by atoms with Crippen molar-refractivity contribution in [3.8, 4) is 0 Å². The Morgan fingerprint density at radius 2 is 2.00 bits per heavy atom. The first kappa shape index (κ1) is 10.6. The first-order chi connectivity index (χ1) is 8.58. The van der Waals surface area contributed by atoms with Crippen molar-refractivity contribution in [2.75, 3.05) is 5.32 Å². The molecule has 1 aromatic carbocycles. The molecule has 1 heterocycles. The molecular formula is C14H14ClN3. The highest BCUT2D eigenvalue weighted by molar-refractivity contribution is 6.31. The van der Waals surface area contributed by atoms with Gasteiger partial charge in [-0.25, -0.2) is 0 Å². The highest BCUT2D eigenvalue weighted by Gasteiger charge is 2.66. The van der Waals surface area contributed by atoms with Gasteiger partial charge in [-0.2, -0.15) is 0 Å². The van der Waals surface area contributed by atoms with Crippen LogP contribution in [0.1, 0.15) is 19.3 Å². The third-order valence-electron chi connectivity index (χ3n) is 4.18. The maximum absolute atomic E-state index is 6.09. The SMILES string of the molecule is NC12CC(Nc3ccnc4cc(Cl)ccc34)(C1)C2. The van der Waals surface area contributed by atoms with E-state index in [4.69, 9.17) is 17.3 Å². The summed E-state index contributed by atoms with van der Waals surface area (Å²) in [5.74, 6) is 0. The average molecular weight is 260 g/mol. The summed E-state index contributed by atoms with van der Waals surface area (Å²) in [6, 6.07) is 7.86. The van der Waals surface area contributed by atoms with Gasteiger partial charge >= 0.3 is 0 Å². The molecule has 3 nitrogen and oxygen atoms in total. The first-order valence-electron chi connectivity index (χ1n) is 6.19. The van der Waals surface area contributed by atoms with Crippen molar-refractivity contribution in [1.29, 1.82) is 0 Å². The molecule has 92 valence electrons. The van der Waals surface area contributed by atoms with Crippen LogP contribution in [0.2, 0.25) is 5.02 Å². The van der Waals surface area contributed by atoms with Gasteiger partial charge in [-0.1, -0.05) is 11.6 Å². The molecule has 3 saturated carbocycles. The molecule has 0 saturated heterocycles. The van der Waals surface area contributed by atoms with Gasteiger partial charge in [0.2, 0.25) is 0 Å². The predicted octanol–water partition coefficient (Wildman–Crippen LogP) is 2.93. The third-order valence-corrected chi connectivity index (χ3v) is 4.41. The van der Waals surface area contributed by atoms with Gasteiger partial charge in [0, 0.05) is 33.4 Å². The molecule has 3 fully saturated rings. The van der Waals surface area contributed by atoms with E-state index in [9.17, 15) is 0 Å². The summed E-state index contributed by atoms with van der Waals surface area (Å²) < 4.78 is 0. The Balaban J connectivity index is 1.72. The smallest absolute Gasteiger partial charge is 0.0737 e. The van der Waals surface area contributed by atoms with Crippen LogP contribution in [0.25, 0.3) is 10.9 Å². The van der Waals surface area contributed by atoms with E-state index in [1.165, 1.54) is 0 Å². The standard InChI is InChI=1S/C14H14ClN3/c15-9-1-2-10-11(3-4-17-12(10)5-9)18-14-6-13(16,7-14)8-14/h1-5H,6-8,16H2,(H,17,18). The van der Waals surface area contributed by atoms with Gasteiger partial charge in [-0.3, -0.25) is 4.98 Å². The van der Waals surface area contributed by atoms with E-state index in [0.717, 1.165) is 40.9 Å². The summed E-state index contributed by atoms with van der Waals surface area (Å²) in [7, 11) is 0. The molecule has 0 unspecified atom stereocenters. The lowest BCUT2D eigenvalue weighted by Gasteiger charge is -2.69. The fourth-order valence-corrected chi connectivity index (χ4v) is 3.68. The van der Waals surface area contributed by atoms with Crippen molar-refractivity contribution in [1.82, 2.24) is 4.98 Å². The van der Waals surface area contributed by atoms with E-state index < -0.39 is 0 Å². The number of hydrogen-bond acceptors (Lipinski definition) is 3. The van der Waals surface area contributed by atoms with Gasteiger partial charge in [-0.05, 0) is 43.5 Å². The lowest BCUT2D eigenvalue weighted by molar-refractivity contribution is -0.0317. The second-order valence-electron chi connectivity index (χ2n) is 5.82. The second-order valence-corrected chi connectivity index (χ2v) is 6.25. The van der Waals surface area contributed by atoms with Crippen LogP contribution in [0.3, 0.4) is 0 Å². The number of nitrogens with two attached hydrogens (primary N) is 1. The molecule has 3 aliphatic carbocycles. The molecule has 5 rings (SSSR count). The number of halogens is 1. The molecule has 2 bridgehead atoms. The maximum Gasteiger partial charge on any atom is 0.0737 e. The maximum atomic E-state index is 6.09. The van der Waals surface area contributed by atoms with E-state index in [1.54, 1.807) is 0 Å². The normalized spacial score (nSPS) is 32.8. The Kier molecular flexibility index (Phi) is 1.86. The lowest BCUT2D eigenvalue weighted by Crippen LogP contribution is -2.79. The van der Waals surface area contributed by atoms with Gasteiger partial charge < -0.3 is 11.1 Å². The number of anilines is 1. The first-order valence-corrected chi connectivity index (χ1v) is 6.57. The second kappa shape index (κ2) is 3.16. The number of pyridine rings is 1. The van der Waals surface area contributed by atoms with Crippen LogP contribution < -0.4 is 11.1 Å². The van der Waals surface area contributed by atoms with Crippen LogP contribution in [0.4, 0.5) is 5.69 Å². The summed E-state index contributed by atoms with van der Waals surface area (Å²) >= 11 is 5.99. The van der Waals surface area contributed by atoms with Crippen LogP contribution in [-0.4, -0.2) is 16.1 Å². The molecule has 3 aliphatic rings. The fourth-order valence-electron chi connectivity index (χ4n) is 3.51. The Bertz CT molecular complexity index is 633. The van der Waals surface area contributed by atoms with E-state index >= 15 is 0 Å². The molecule has 2 aromatic rings. The highest BCUT2D eigenvalue weighted by atomic mass is 35.5. The van der Waals surface area contributed by atoms with Crippen LogP contribution >= 0.6 is 11.6 Å². The van der Waals surface area contributed by atoms with Crippen LogP contribution in [0, 0.1) is 0 Å². The summed E-state index contributed by atoms with van der Waals surface area (Å²) in [5, 5.41) is 5.49. The minimum absolute atomic E-state index is 0.124. The Labute approximate surface area is 110 Å². The fraction of sp³-hybridized carbons (Fsp3) is 0.357. The summed E-state index contributed by atoms with van der Waals surface area (Å²) in [6.45, 7) is 0. The topological polar surface area (TPSA) is 50.9 Å². The van der Waals surface area contributed by atoms with Crippen LogP contribution in [-0.2, 0) is 0 Å². The van der Waals surface area contributed by atoms with E-state index in [-0.39, 0.29) is 11.1 Å². The Morgan fingerprint density at radius 3 is 2.72 bits per heavy atom. The summed E-state index contributed by atoms with van der Waals surface area (Å²) in [4.78, 5) is 4.35. The summed E-state index contributed by atoms with van der Waals surface area (Å²) in [5.41, 5.74) is 8.52. The summed E-state index contributed by atoms with van der Waals surface area (Å²) in [6.07, 6.45) is 5.07. The predicted molar refractivity (Wildman–Crippen MR) is 73.9 cm³/mol. The van der Waals surface area contributed by atoms with Crippen LogP contribution in [0.15, 0.2) is 30.5 Å². The number of benzene rings is 1. The molecule has 18 heavy (non-hydrogen) atoms. The van der Waals surface area contributed by atoms with Crippen molar-refractivity contribution < 1.29 is 0 Å². The zero-order valence-electron chi connectivity index (χ0n) is 9.91. The van der Waals surface area contributed by atoms with Crippen molar-refractivity contribution in [2.45, 2.75) is 30.3 Å². The molecule has 0 radical (unpaired) electrons. The molecular weight excluding hydrogens is 246 g/mol. The quantitative estimate of drug-likeness (QED) is 0.872. The van der Waals surface area contributed by atoms with Crippen LogP contribution in [0.5, 0.6) is 0 Å². The zero-order valence-corrected chi connectivity index (χ0v) is 10.7. The largest absolute Gasteiger partial charge is 0.379 e. The number of fused-ring (bicyclic) bond motifs is 1. The number of rotatable bonds is 2. The van der Waals surface area contributed by atoms with E-state index in [0.29, 0.717) is 0 Å². The number of hydrogen-bond donors (Lipinski definition) is 2. The van der Waals surface area contributed by atoms with Gasteiger partial charge in [0.1, 0.15) is 0 Å². The molecule has 3 N–H and O–H groups in total. The number of nitrogens with one attached hydrogen (secondary N) is 1. The third kappa shape index (κ3) is 1.38. The molecule has 4 heteroatoms. The number of nitrogens with zero attached hydrogens (tertiary/aromatic N) is 1.